The second kappa shape index (κ2) is 1.78. The van der Waals surface area contributed by atoms with E-state index >= 15 is 0 Å². The lowest BCUT2D eigenvalue weighted by Gasteiger charge is -1.78. The molecular formula is C7H11N. The van der Waals surface area contributed by atoms with E-state index in [-0.39, 0.29) is 0 Å². The van der Waals surface area contributed by atoms with Gasteiger partial charge in [0.2, 0.25) is 0 Å². The van der Waals surface area contributed by atoms with Gasteiger partial charge in [0.15, 0.2) is 0 Å². The molecular weight excluding hydrogens is 98.1 g/mol. The number of nitriles is 1. The Morgan fingerprint density at radius 2 is 1.88 bits per heavy atom. The lowest BCUT2D eigenvalue weighted by atomic mass is 10.2. The first-order valence-electron chi connectivity index (χ1n) is 3.14. The van der Waals surface area contributed by atoms with Gasteiger partial charge in [-0.25, -0.2) is 0 Å². The quantitative estimate of drug-likeness (QED) is 0.503. The van der Waals surface area contributed by atoms with E-state index in [1.54, 1.807) is 0 Å². The summed E-state index contributed by atoms with van der Waals surface area (Å²) < 4.78 is 0. The van der Waals surface area contributed by atoms with Gasteiger partial charge >= 0.3 is 0 Å². The third kappa shape index (κ3) is 0.709. The molecule has 1 aliphatic carbocycles. The van der Waals surface area contributed by atoms with E-state index in [2.05, 4.69) is 19.9 Å². The fourth-order valence-electron chi connectivity index (χ4n) is 1.24. The molecule has 0 amide bonds. The Kier molecular flexibility index (Phi) is 1.25. The molecule has 0 saturated heterocycles. The monoisotopic (exact) mass is 109 g/mol. The minimum absolute atomic E-state index is 0.722. The minimum Gasteiger partial charge on any atom is -0.198 e. The van der Waals surface area contributed by atoms with Crippen LogP contribution in [0.4, 0.5) is 0 Å². The molecule has 3 atom stereocenters. The summed E-state index contributed by atoms with van der Waals surface area (Å²) in [6.07, 6.45) is 0.766. The van der Waals surface area contributed by atoms with Crippen LogP contribution in [0.5, 0.6) is 0 Å². The first kappa shape index (κ1) is 5.62. The van der Waals surface area contributed by atoms with Crippen molar-refractivity contribution >= 4 is 0 Å². The van der Waals surface area contributed by atoms with Crippen molar-refractivity contribution in [1.82, 2.24) is 0 Å². The first-order chi connectivity index (χ1) is 3.77. The standard InChI is InChI=1S/C7H11N/c1-5-6(2)7(5)3-4-8/h5-7H,3H2,1-2H3/t5-,6+,7?. The van der Waals surface area contributed by atoms with Crippen LogP contribution >= 0.6 is 0 Å². The van der Waals surface area contributed by atoms with Crippen LogP contribution in [0.2, 0.25) is 0 Å². The van der Waals surface area contributed by atoms with Crippen LogP contribution in [0, 0.1) is 29.1 Å². The van der Waals surface area contributed by atoms with Crippen molar-refractivity contribution < 1.29 is 0 Å². The highest BCUT2D eigenvalue weighted by Crippen LogP contribution is 2.47. The van der Waals surface area contributed by atoms with Crippen LogP contribution < -0.4 is 0 Å². The van der Waals surface area contributed by atoms with Crippen molar-refractivity contribution in [2.75, 3.05) is 0 Å². The molecule has 1 heteroatoms. The average molecular weight is 109 g/mol. The summed E-state index contributed by atoms with van der Waals surface area (Å²) in [7, 11) is 0. The average Bonchev–Trinajstić information content (AvgIpc) is 2.25. The zero-order valence-corrected chi connectivity index (χ0v) is 5.39. The van der Waals surface area contributed by atoms with E-state index in [0.717, 1.165) is 24.2 Å². The van der Waals surface area contributed by atoms with Crippen molar-refractivity contribution in [3.05, 3.63) is 0 Å². The molecule has 0 aliphatic heterocycles. The molecule has 0 spiro atoms. The second-order valence-electron chi connectivity index (χ2n) is 2.74. The fourth-order valence-corrected chi connectivity index (χ4v) is 1.24. The normalized spacial score (nSPS) is 43.4. The zero-order chi connectivity index (χ0) is 6.15. The van der Waals surface area contributed by atoms with Gasteiger partial charge < -0.3 is 0 Å². The largest absolute Gasteiger partial charge is 0.198 e. The summed E-state index contributed by atoms with van der Waals surface area (Å²) in [6, 6.07) is 2.19. The highest BCUT2D eigenvalue weighted by atomic mass is 14.5. The van der Waals surface area contributed by atoms with E-state index < -0.39 is 0 Å². The SMILES string of the molecule is C[C@@H]1C(CC#N)[C@@H]1C. The van der Waals surface area contributed by atoms with Crippen molar-refractivity contribution in [2.24, 2.45) is 17.8 Å². The Hall–Kier alpha value is -0.510. The molecule has 1 fully saturated rings. The smallest absolute Gasteiger partial charge is 0.0624 e. The number of nitrogens with zero attached hydrogens (tertiary/aromatic N) is 1. The summed E-state index contributed by atoms with van der Waals surface area (Å²) in [6.45, 7) is 4.43. The Bertz CT molecular complexity index is 115. The molecule has 1 unspecified atom stereocenters. The Morgan fingerprint density at radius 1 is 1.38 bits per heavy atom. The highest BCUT2D eigenvalue weighted by Gasteiger charge is 2.41. The molecule has 0 heterocycles. The molecule has 1 nitrogen and oxygen atoms in total. The maximum absolute atomic E-state index is 8.26. The topological polar surface area (TPSA) is 23.8 Å². The Morgan fingerprint density at radius 3 is 2.00 bits per heavy atom. The van der Waals surface area contributed by atoms with Crippen LogP contribution in [0.3, 0.4) is 0 Å². The van der Waals surface area contributed by atoms with Crippen molar-refractivity contribution in [2.45, 2.75) is 20.3 Å². The highest BCUT2D eigenvalue weighted by molar-refractivity contribution is 4.95. The summed E-state index contributed by atoms with van der Waals surface area (Å²) >= 11 is 0. The van der Waals surface area contributed by atoms with Crippen LogP contribution in [-0.4, -0.2) is 0 Å². The van der Waals surface area contributed by atoms with E-state index in [1.807, 2.05) is 0 Å². The first-order valence-corrected chi connectivity index (χ1v) is 3.14. The molecule has 44 valence electrons. The maximum Gasteiger partial charge on any atom is 0.0624 e. The lowest BCUT2D eigenvalue weighted by molar-refractivity contribution is 0.760. The molecule has 1 rings (SSSR count). The zero-order valence-electron chi connectivity index (χ0n) is 5.39. The van der Waals surface area contributed by atoms with Crippen molar-refractivity contribution in [3.63, 3.8) is 0 Å². The van der Waals surface area contributed by atoms with E-state index in [0.29, 0.717) is 0 Å². The van der Waals surface area contributed by atoms with Gasteiger partial charge in [0, 0.05) is 6.42 Å². The van der Waals surface area contributed by atoms with Gasteiger partial charge in [0.25, 0.3) is 0 Å². The summed E-state index contributed by atoms with van der Waals surface area (Å²) in [4.78, 5) is 0. The van der Waals surface area contributed by atoms with Crippen molar-refractivity contribution in [1.29, 1.82) is 5.26 Å². The van der Waals surface area contributed by atoms with E-state index in [4.69, 9.17) is 5.26 Å². The molecule has 0 aromatic rings. The van der Waals surface area contributed by atoms with Gasteiger partial charge in [-0.1, -0.05) is 13.8 Å². The van der Waals surface area contributed by atoms with Gasteiger partial charge in [-0.3, -0.25) is 0 Å². The fraction of sp³-hybridized carbons (Fsp3) is 0.857. The Balaban J connectivity index is 2.26. The molecule has 0 N–H and O–H groups in total. The van der Waals surface area contributed by atoms with E-state index in [9.17, 15) is 0 Å². The molecule has 0 bridgehead atoms. The van der Waals surface area contributed by atoms with Crippen LogP contribution in [0.15, 0.2) is 0 Å². The number of hydrogen-bond donors (Lipinski definition) is 0. The number of rotatable bonds is 1. The van der Waals surface area contributed by atoms with E-state index in [1.165, 1.54) is 0 Å². The maximum atomic E-state index is 8.26. The van der Waals surface area contributed by atoms with Gasteiger partial charge in [0.1, 0.15) is 0 Å². The molecule has 1 saturated carbocycles. The Labute approximate surface area is 50.3 Å². The number of hydrogen-bond acceptors (Lipinski definition) is 1. The van der Waals surface area contributed by atoms with Crippen LogP contribution in [0.1, 0.15) is 20.3 Å². The van der Waals surface area contributed by atoms with Gasteiger partial charge in [-0.15, -0.1) is 0 Å². The molecule has 0 radical (unpaired) electrons. The predicted molar refractivity (Wildman–Crippen MR) is 32.0 cm³/mol. The third-order valence-corrected chi connectivity index (χ3v) is 2.37. The summed E-state index contributed by atoms with van der Waals surface area (Å²) in [5.74, 6) is 2.35. The molecule has 0 aromatic heterocycles. The van der Waals surface area contributed by atoms with Crippen molar-refractivity contribution in [3.8, 4) is 6.07 Å². The molecule has 0 aromatic carbocycles. The summed E-state index contributed by atoms with van der Waals surface area (Å²) in [5, 5.41) is 8.26. The predicted octanol–water partition coefficient (Wildman–Crippen LogP) is 1.80. The van der Waals surface area contributed by atoms with Crippen LogP contribution in [0.25, 0.3) is 0 Å². The van der Waals surface area contributed by atoms with Gasteiger partial charge in [-0.05, 0) is 17.8 Å². The van der Waals surface area contributed by atoms with Crippen LogP contribution in [-0.2, 0) is 0 Å². The lowest BCUT2D eigenvalue weighted by Crippen LogP contribution is -1.73. The minimum atomic E-state index is 0.722. The second-order valence-corrected chi connectivity index (χ2v) is 2.74. The van der Waals surface area contributed by atoms with Gasteiger partial charge in [0.05, 0.1) is 6.07 Å². The third-order valence-electron chi connectivity index (χ3n) is 2.37. The van der Waals surface area contributed by atoms with Gasteiger partial charge in [-0.2, -0.15) is 5.26 Å². The molecule has 8 heavy (non-hydrogen) atoms. The summed E-state index contributed by atoms with van der Waals surface area (Å²) in [5.41, 5.74) is 0. The molecule has 1 aliphatic rings.